The molecule has 2 saturated heterocycles. The fourth-order valence-electron chi connectivity index (χ4n) is 4.74. The Morgan fingerprint density at radius 1 is 1.11 bits per heavy atom. The molecule has 5 heterocycles. The molecule has 2 aromatic heterocycles. The number of fused-ring (bicyclic) bond motifs is 1. The quantitative estimate of drug-likeness (QED) is 0.872. The summed E-state index contributed by atoms with van der Waals surface area (Å²) in [5, 5.41) is 3.40. The summed E-state index contributed by atoms with van der Waals surface area (Å²) in [6, 6.07) is 3.89. The Morgan fingerprint density at radius 3 is 2.81 bits per heavy atom. The molecule has 1 amide bonds. The van der Waals surface area contributed by atoms with Gasteiger partial charge in [0, 0.05) is 63.3 Å². The van der Waals surface area contributed by atoms with Gasteiger partial charge in [-0.05, 0) is 31.4 Å². The number of anilines is 1. The monoisotopic (exact) mass is 364 g/mol. The molecule has 3 aliphatic rings. The first-order valence-corrected chi connectivity index (χ1v) is 9.68. The van der Waals surface area contributed by atoms with Crippen molar-refractivity contribution >= 4 is 11.7 Å². The summed E-state index contributed by atoms with van der Waals surface area (Å²) >= 11 is 0. The fraction of sp³-hybridized carbons (Fsp3) is 0.500. The second-order valence-corrected chi connectivity index (χ2v) is 7.92. The highest BCUT2D eigenvalue weighted by atomic mass is 16.2. The molecule has 27 heavy (non-hydrogen) atoms. The van der Waals surface area contributed by atoms with Crippen LogP contribution in [0.15, 0.2) is 24.5 Å². The van der Waals surface area contributed by atoms with E-state index in [1.54, 1.807) is 12.4 Å². The van der Waals surface area contributed by atoms with Gasteiger partial charge in [-0.25, -0.2) is 9.97 Å². The van der Waals surface area contributed by atoms with Crippen LogP contribution in [0.3, 0.4) is 0 Å². The molecule has 1 atom stereocenters. The van der Waals surface area contributed by atoms with E-state index in [0.29, 0.717) is 5.91 Å². The molecule has 1 N–H and O–H groups in total. The van der Waals surface area contributed by atoms with Gasteiger partial charge in [0.25, 0.3) is 0 Å². The highest BCUT2D eigenvalue weighted by Crippen LogP contribution is 2.42. The zero-order valence-corrected chi connectivity index (χ0v) is 15.6. The number of likely N-dealkylation sites (tertiary alicyclic amines) is 1. The molecule has 0 saturated carbocycles. The molecule has 2 aromatic rings. The maximum Gasteiger partial charge on any atom is 0.230 e. The third kappa shape index (κ3) is 2.68. The lowest BCUT2D eigenvalue weighted by molar-refractivity contribution is -0.143. The Morgan fingerprint density at radius 2 is 1.96 bits per heavy atom. The predicted molar refractivity (Wildman–Crippen MR) is 102 cm³/mol. The van der Waals surface area contributed by atoms with E-state index >= 15 is 0 Å². The third-order valence-electron chi connectivity index (χ3n) is 6.21. The van der Waals surface area contributed by atoms with E-state index in [-0.39, 0.29) is 5.41 Å². The number of piperidine rings is 1. The number of rotatable bonds is 2. The van der Waals surface area contributed by atoms with Crippen molar-refractivity contribution in [2.45, 2.75) is 32.4 Å². The zero-order valence-electron chi connectivity index (χ0n) is 15.6. The van der Waals surface area contributed by atoms with Gasteiger partial charge in [-0.3, -0.25) is 9.78 Å². The largest absolute Gasteiger partial charge is 0.355 e. The third-order valence-corrected chi connectivity index (χ3v) is 6.21. The van der Waals surface area contributed by atoms with Gasteiger partial charge < -0.3 is 15.1 Å². The van der Waals surface area contributed by atoms with Crippen LogP contribution in [0.4, 0.5) is 5.82 Å². The molecule has 1 unspecified atom stereocenters. The number of carbonyl (C=O) groups is 1. The molecule has 2 fully saturated rings. The first kappa shape index (κ1) is 16.6. The van der Waals surface area contributed by atoms with Gasteiger partial charge in [0.15, 0.2) is 5.82 Å². The smallest absolute Gasteiger partial charge is 0.230 e. The van der Waals surface area contributed by atoms with Crippen molar-refractivity contribution in [2.75, 3.05) is 31.6 Å². The molecule has 1 spiro atoms. The van der Waals surface area contributed by atoms with Crippen LogP contribution < -0.4 is 10.2 Å². The van der Waals surface area contributed by atoms with Crippen LogP contribution in [0.5, 0.6) is 0 Å². The summed E-state index contributed by atoms with van der Waals surface area (Å²) in [5.74, 6) is 2.03. The number of hydrogen-bond donors (Lipinski definition) is 1. The van der Waals surface area contributed by atoms with Crippen molar-refractivity contribution in [3.8, 4) is 11.4 Å². The minimum atomic E-state index is -0.242. The Balaban J connectivity index is 1.52. The fourth-order valence-corrected chi connectivity index (χ4v) is 4.74. The summed E-state index contributed by atoms with van der Waals surface area (Å²) in [6.07, 6.45) is 6.51. The molecule has 140 valence electrons. The number of carbonyl (C=O) groups excluding carboxylic acids is 1. The molecule has 0 radical (unpaired) electrons. The molecular weight excluding hydrogens is 340 g/mol. The lowest BCUT2D eigenvalue weighted by Crippen LogP contribution is -2.48. The van der Waals surface area contributed by atoms with Crippen molar-refractivity contribution in [1.29, 1.82) is 0 Å². The highest BCUT2D eigenvalue weighted by molar-refractivity contribution is 5.85. The highest BCUT2D eigenvalue weighted by Gasteiger charge is 2.48. The van der Waals surface area contributed by atoms with Gasteiger partial charge in [0.1, 0.15) is 5.82 Å². The predicted octanol–water partition coefficient (Wildman–Crippen LogP) is 1.59. The number of hydrogen-bond acceptors (Lipinski definition) is 6. The molecule has 3 aliphatic heterocycles. The summed E-state index contributed by atoms with van der Waals surface area (Å²) in [7, 11) is 1.93. The van der Waals surface area contributed by atoms with Crippen molar-refractivity contribution in [2.24, 2.45) is 5.41 Å². The van der Waals surface area contributed by atoms with Crippen LogP contribution in [0.2, 0.25) is 0 Å². The molecular formula is C20H24N6O. The van der Waals surface area contributed by atoms with Crippen LogP contribution in [0.25, 0.3) is 11.4 Å². The van der Waals surface area contributed by atoms with E-state index in [1.165, 1.54) is 5.56 Å². The normalized spacial score (nSPS) is 24.7. The van der Waals surface area contributed by atoms with Crippen LogP contribution in [0, 0.1) is 5.41 Å². The summed E-state index contributed by atoms with van der Waals surface area (Å²) < 4.78 is 0. The van der Waals surface area contributed by atoms with Gasteiger partial charge in [-0.15, -0.1) is 0 Å². The van der Waals surface area contributed by atoms with E-state index in [1.807, 2.05) is 24.1 Å². The van der Waals surface area contributed by atoms with Crippen LogP contribution in [0.1, 0.15) is 30.5 Å². The van der Waals surface area contributed by atoms with Gasteiger partial charge in [-0.1, -0.05) is 0 Å². The topological polar surface area (TPSA) is 74.2 Å². The van der Waals surface area contributed by atoms with Crippen LogP contribution in [-0.4, -0.2) is 52.4 Å². The summed E-state index contributed by atoms with van der Waals surface area (Å²) in [4.78, 5) is 30.9. The standard InChI is InChI=1S/C20H24N6O/c1-25-9-2-5-20(19(25)27)6-10-26(13-20)18-15-11-22-12-16(15)23-17(24-18)14-3-7-21-8-4-14/h3-4,7-8,22H,2,5-6,9-13H2,1H3. The van der Waals surface area contributed by atoms with E-state index in [4.69, 9.17) is 9.97 Å². The van der Waals surface area contributed by atoms with Crippen molar-refractivity contribution in [1.82, 2.24) is 25.2 Å². The number of aromatic nitrogens is 3. The van der Waals surface area contributed by atoms with Gasteiger partial charge >= 0.3 is 0 Å². The van der Waals surface area contributed by atoms with Gasteiger partial charge in [-0.2, -0.15) is 0 Å². The summed E-state index contributed by atoms with van der Waals surface area (Å²) in [5.41, 5.74) is 2.98. The minimum absolute atomic E-state index is 0.242. The number of pyridine rings is 1. The molecule has 7 heteroatoms. The summed E-state index contributed by atoms with van der Waals surface area (Å²) in [6.45, 7) is 4.07. The average molecular weight is 364 g/mol. The first-order chi connectivity index (χ1) is 13.2. The van der Waals surface area contributed by atoms with Crippen molar-refractivity contribution < 1.29 is 4.79 Å². The van der Waals surface area contributed by atoms with E-state index in [2.05, 4.69) is 15.2 Å². The first-order valence-electron chi connectivity index (χ1n) is 9.68. The second-order valence-electron chi connectivity index (χ2n) is 7.92. The van der Waals surface area contributed by atoms with E-state index < -0.39 is 0 Å². The Bertz CT molecular complexity index is 886. The zero-order chi connectivity index (χ0) is 18.4. The molecule has 0 aromatic carbocycles. The number of amides is 1. The van der Waals surface area contributed by atoms with Crippen LogP contribution >= 0.6 is 0 Å². The Hall–Kier alpha value is -2.54. The number of nitrogens with zero attached hydrogens (tertiary/aromatic N) is 5. The van der Waals surface area contributed by atoms with Gasteiger partial charge in [0.05, 0.1) is 11.1 Å². The Labute approximate surface area is 158 Å². The molecule has 0 bridgehead atoms. The second kappa shape index (κ2) is 6.27. The van der Waals surface area contributed by atoms with Crippen LogP contribution in [-0.2, 0) is 17.9 Å². The SMILES string of the molecule is CN1CCCC2(CCN(c3nc(-c4ccncc4)nc4c3CNC4)C2)C1=O. The lowest BCUT2D eigenvalue weighted by atomic mass is 9.78. The maximum atomic E-state index is 12.9. The molecule has 7 nitrogen and oxygen atoms in total. The lowest BCUT2D eigenvalue weighted by Gasteiger charge is -2.37. The van der Waals surface area contributed by atoms with E-state index in [0.717, 1.165) is 74.9 Å². The number of nitrogens with one attached hydrogen (secondary N) is 1. The van der Waals surface area contributed by atoms with Crippen molar-refractivity contribution in [3.05, 3.63) is 35.8 Å². The Kier molecular flexibility index (Phi) is 3.86. The van der Waals surface area contributed by atoms with E-state index in [9.17, 15) is 4.79 Å². The molecule has 0 aliphatic carbocycles. The van der Waals surface area contributed by atoms with Gasteiger partial charge in [0.2, 0.25) is 5.91 Å². The van der Waals surface area contributed by atoms with Crippen molar-refractivity contribution in [3.63, 3.8) is 0 Å². The average Bonchev–Trinajstić information content (AvgIpc) is 3.34. The minimum Gasteiger partial charge on any atom is -0.355 e. The maximum absolute atomic E-state index is 12.9. The molecule has 5 rings (SSSR count).